The molecule has 1 atom stereocenters. The van der Waals surface area contributed by atoms with Crippen molar-refractivity contribution in [2.24, 2.45) is 0 Å². The van der Waals surface area contributed by atoms with Crippen molar-refractivity contribution in [2.45, 2.75) is 18.9 Å². The van der Waals surface area contributed by atoms with Gasteiger partial charge in [0.05, 0.1) is 13.2 Å². The second-order valence-electron chi connectivity index (χ2n) is 8.60. The lowest BCUT2D eigenvalue weighted by molar-refractivity contribution is 0.0938. The lowest BCUT2D eigenvalue weighted by Gasteiger charge is -2.28. The first-order valence-corrected chi connectivity index (χ1v) is 11.9. The minimum Gasteiger partial charge on any atom is -0.497 e. The zero-order chi connectivity index (χ0) is 24.0. The molecule has 0 aliphatic carbocycles. The number of carbonyl (C=O) groups is 1. The number of ether oxygens (including phenoxy) is 1. The molecule has 3 aromatic carbocycles. The standard InChI is InChI=1S/C28H28N4O3/c1-34-24-15-13-20(14-16-24)25(32-17-5-6-18-32)19-29-26(33)21-9-11-23(12-10-21)28-31-30-27(35-28)22-7-3-2-4-8-22/h2-4,7-16,25H,5-6,17-19H2,1H3,(H,29,33)/t25-/m1/s1. The molecule has 1 aliphatic heterocycles. The van der Waals surface area contributed by atoms with Crippen molar-refractivity contribution < 1.29 is 13.9 Å². The summed E-state index contributed by atoms with van der Waals surface area (Å²) in [5.41, 5.74) is 3.40. The molecule has 1 aliphatic rings. The van der Waals surface area contributed by atoms with Gasteiger partial charge in [0.25, 0.3) is 5.91 Å². The summed E-state index contributed by atoms with van der Waals surface area (Å²) in [6, 6.07) is 25.1. The minimum atomic E-state index is -0.107. The Kier molecular flexibility index (Phi) is 6.86. The number of benzene rings is 3. The van der Waals surface area contributed by atoms with Crippen LogP contribution in [0.3, 0.4) is 0 Å². The zero-order valence-corrected chi connectivity index (χ0v) is 19.7. The third kappa shape index (κ3) is 5.25. The van der Waals surface area contributed by atoms with Crippen LogP contribution in [0.4, 0.5) is 0 Å². The topological polar surface area (TPSA) is 80.5 Å². The molecule has 0 saturated carbocycles. The number of methoxy groups -OCH3 is 1. The third-order valence-electron chi connectivity index (χ3n) is 6.38. The molecule has 0 unspecified atom stereocenters. The van der Waals surface area contributed by atoms with Crippen LogP contribution in [-0.2, 0) is 0 Å². The van der Waals surface area contributed by atoms with Crippen molar-refractivity contribution in [1.29, 1.82) is 0 Å². The molecule has 7 nitrogen and oxygen atoms in total. The van der Waals surface area contributed by atoms with Gasteiger partial charge in [-0.05, 0) is 80.0 Å². The van der Waals surface area contributed by atoms with E-state index in [2.05, 4.69) is 32.5 Å². The Morgan fingerprint density at radius 3 is 2.17 bits per heavy atom. The van der Waals surface area contributed by atoms with Crippen molar-refractivity contribution in [1.82, 2.24) is 20.4 Å². The lowest BCUT2D eigenvalue weighted by atomic mass is 10.0. The van der Waals surface area contributed by atoms with Crippen LogP contribution in [-0.4, -0.2) is 47.7 Å². The predicted octanol–water partition coefficient (Wildman–Crippen LogP) is 4.98. The summed E-state index contributed by atoms with van der Waals surface area (Å²) in [5.74, 6) is 1.61. The Morgan fingerprint density at radius 2 is 1.54 bits per heavy atom. The third-order valence-corrected chi connectivity index (χ3v) is 6.38. The molecule has 0 spiro atoms. The van der Waals surface area contributed by atoms with E-state index in [1.807, 2.05) is 54.6 Å². The SMILES string of the molecule is COc1ccc([C@@H](CNC(=O)c2ccc(-c3nnc(-c4ccccc4)o3)cc2)N2CCCC2)cc1. The summed E-state index contributed by atoms with van der Waals surface area (Å²) in [5, 5.41) is 11.4. The average molecular weight is 469 g/mol. The summed E-state index contributed by atoms with van der Waals surface area (Å²) in [4.78, 5) is 15.4. The molecule has 2 heterocycles. The van der Waals surface area contributed by atoms with Crippen LogP contribution in [0.1, 0.15) is 34.8 Å². The normalized spacial score (nSPS) is 14.5. The van der Waals surface area contributed by atoms with Gasteiger partial charge < -0.3 is 14.5 Å². The fourth-order valence-electron chi connectivity index (χ4n) is 4.43. The van der Waals surface area contributed by atoms with Gasteiger partial charge in [-0.15, -0.1) is 10.2 Å². The second kappa shape index (κ2) is 10.5. The van der Waals surface area contributed by atoms with Crippen molar-refractivity contribution in [3.8, 4) is 28.7 Å². The van der Waals surface area contributed by atoms with Crippen LogP contribution in [0.5, 0.6) is 5.75 Å². The number of nitrogens with zero attached hydrogens (tertiary/aromatic N) is 3. The van der Waals surface area contributed by atoms with Gasteiger partial charge in [-0.2, -0.15) is 0 Å². The van der Waals surface area contributed by atoms with Crippen molar-refractivity contribution in [2.75, 3.05) is 26.7 Å². The van der Waals surface area contributed by atoms with Crippen LogP contribution in [0.2, 0.25) is 0 Å². The minimum absolute atomic E-state index is 0.107. The molecule has 1 saturated heterocycles. The van der Waals surface area contributed by atoms with Crippen LogP contribution >= 0.6 is 0 Å². The van der Waals surface area contributed by atoms with Gasteiger partial charge in [-0.3, -0.25) is 9.69 Å². The van der Waals surface area contributed by atoms with E-state index in [0.717, 1.165) is 30.0 Å². The monoisotopic (exact) mass is 468 g/mol. The molecule has 1 N–H and O–H groups in total. The second-order valence-corrected chi connectivity index (χ2v) is 8.60. The Labute approximate surface area is 204 Å². The quantitative estimate of drug-likeness (QED) is 0.393. The maximum absolute atomic E-state index is 12.9. The van der Waals surface area contributed by atoms with E-state index in [9.17, 15) is 4.79 Å². The van der Waals surface area contributed by atoms with Gasteiger partial charge in [-0.25, -0.2) is 0 Å². The molecule has 35 heavy (non-hydrogen) atoms. The number of amides is 1. The van der Waals surface area contributed by atoms with Gasteiger partial charge in [-0.1, -0.05) is 30.3 Å². The van der Waals surface area contributed by atoms with E-state index in [4.69, 9.17) is 9.15 Å². The molecule has 1 fully saturated rings. The number of nitrogens with one attached hydrogen (secondary N) is 1. The largest absolute Gasteiger partial charge is 0.497 e. The van der Waals surface area contributed by atoms with Crippen LogP contribution in [0.25, 0.3) is 22.9 Å². The highest BCUT2D eigenvalue weighted by Crippen LogP contribution is 2.27. The van der Waals surface area contributed by atoms with E-state index in [1.165, 1.54) is 18.4 Å². The zero-order valence-electron chi connectivity index (χ0n) is 19.7. The first kappa shape index (κ1) is 22.8. The highest BCUT2D eigenvalue weighted by molar-refractivity contribution is 5.94. The van der Waals surface area contributed by atoms with E-state index in [-0.39, 0.29) is 11.9 Å². The fourth-order valence-corrected chi connectivity index (χ4v) is 4.43. The van der Waals surface area contributed by atoms with Crippen LogP contribution in [0.15, 0.2) is 83.3 Å². The smallest absolute Gasteiger partial charge is 0.251 e. The number of carbonyl (C=O) groups excluding carboxylic acids is 1. The number of aromatic nitrogens is 2. The summed E-state index contributed by atoms with van der Waals surface area (Å²) in [6.45, 7) is 2.61. The maximum atomic E-state index is 12.9. The van der Waals surface area contributed by atoms with Crippen molar-refractivity contribution >= 4 is 5.91 Å². The average Bonchev–Trinajstić information content (AvgIpc) is 3.63. The molecule has 7 heteroatoms. The van der Waals surface area contributed by atoms with Crippen LogP contribution in [0, 0.1) is 0 Å². The Balaban J connectivity index is 1.25. The molecule has 5 rings (SSSR count). The molecule has 178 valence electrons. The summed E-state index contributed by atoms with van der Waals surface area (Å²) >= 11 is 0. The predicted molar refractivity (Wildman–Crippen MR) is 134 cm³/mol. The molecular weight excluding hydrogens is 440 g/mol. The van der Waals surface area contributed by atoms with E-state index < -0.39 is 0 Å². The van der Waals surface area contributed by atoms with Gasteiger partial charge >= 0.3 is 0 Å². The van der Waals surface area contributed by atoms with Gasteiger partial charge in [0.1, 0.15) is 5.75 Å². The van der Waals surface area contributed by atoms with Gasteiger partial charge in [0.15, 0.2) is 0 Å². The maximum Gasteiger partial charge on any atom is 0.251 e. The molecule has 0 bridgehead atoms. The highest BCUT2D eigenvalue weighted by atomic mass is 16.5. The Morgan fingerprint density at radius 1 is 0.914 bits per heavy atom. The fraction of sp³-hybridized carbons (Fsp3) is 0.250. The number of rotatable bonds is 8. The van der Waals surface area contributed by atoms with Crippen LogP contribution < -0.4 is 10.1 Å². The first-order chi connectivity index (χ1) is 17.2. The van der Waals surface area contributed by atoms with Gasteiger partial charge in [0.2, 0.25) is 11.8 Å². The number of hydrogen-bond donors (Lipinski definition) is 1. The molecule has 1 aromatic heterocycles. The summed E-state index contributed by atoms with van der Waals surface area (Å²) in [6.07, 6.45) is 2.37. The lowest BCUT2D eigenvalue weighted by Crippen LogP contribution is -2.36. The van der Waals surface area contributed by atoms with E-state index in [0.29, 0.717) is 23.9 Å². The van der Waals surface area contributed by atoms with Gasteiger partial charge in [0, 0.05) is 23.2 Å². The molecular formula is C28H28N4O3. The molecule has 1 amide bonds. The Bertz CT molecular complexity index is 1250. The Hall–Kier alpha value is -3.97. The molecule has 0 radical (unpaired) electrons. The summed E-state index contributed by atoms with van der Waals surface area (Å²) < 4.78 is 11.1. The summed E-state index contributed by atoms with van der Waals surface area (Å²) in [7, 11) is 1.67. The number of hydrogen-bond acceptors (Lipinski definition) is 6. The van der Waals surface area contributed by atoms with E-state index >= 15 is 0 Å². The highest BCUT2D eigenvalue weighted by Gasteiger charge is 2.24. The number of likely N-dealkylation sites (tertiary alicyclic amines) is 1. The van der Waals surface area contributed by atoms with Crippen molar-refractivity contribution in [3.05, 3.63) is 90.0 Å². The van der Waals surface area contributed by atoms with Crippen molar-refractivity contribution in [3.63, 3.8) is 0 Å². The first-order valence-electron chi connectivity index (χ1n) is 11.9. The molecule has 4 aromatic rings. The van der Waals surface area contributed by atoms with E-state index in [1.54, 1.807) is 19.2 Å².